The van der Waals surface area contributed by atoms with Crippen molar-refractivity contribution in [3.05, 3.63) is 90.5 Å². The molecule has 0 spiro atoms. The van der Waals surface area contributed by atoms with Crippen LogP contribution in [0.5, 0.6) is 5.75 Å². The Balaban J connectivity index is 1.58. The highest BCUT2D eigenvalue weighted by Gasteiger charge is 2.60. The summed E-state index contributed by atoms with van der Waals surface area (Å²) < 4.78 is 5.27. The number of ether oxygens (including phenoxy) is 1. The Kier molecular flexibility index (Phi) is 4.48. The largest absolute Gasteiger partial charge is 0.497 e. The number of anilines is 2. The third kappa shape index (κ3) is 2.84. The van der Waals surface area contributed by atoms with E-state index in [-0.39, 0.29) is 11.8 Å². The van der Waals surface area contributed by atoms with Gasteiger partial charge < -0.3 is 4.74 Å². The van der Waals surface area contributed by atoms with Crippen molar-refractivity contribution in [1.82, 2.24) is 0 Å². The predicted molar refractivity (Wildman–Crippen MR) is 112 cm³/mol. The molecule has 30 heavy (non-hydrogen) atoms. The minimum absolute atomic E-state index is 0.254. The molecule has 0 bridgehead atoms. The van der Waals surface area contributed by atoms with E-state index in [2.05, 4.69) is 0 Å². The van der Waals surface area contributed by atoms with Gasteiger partial charge in [0.05, 0.1) is 24.5 Å². The van der Waals surface area contributed by atoms with Crippen LogP contribution in [-0.2, 0) is 14.4 Å². The summed E-state index contributed by atoms with van der Waals surface area (Å²) in [4.78, 5) is 34.0. The van der Waals surface area contributed by atoms with Crippen molar-refractivity contribution in [2.75, 3.05) is 17.1 Å². The second-order valence-electron chi connectivity index (χ2n) is 7.28. The quantitative estimate of drug-likeness (QED) is 0.625. The van der Waals surface area contributed by atoms with E-state index in [1.54, 1.807) is 24.3 Å². The van der Waals surface area contributed by atoms with Gasteiger partial charge in [-0.05, 0) is 42.0 Å². The number of imide groups is 1. The number of fused-ring (bicyclic) bond motifs is 1. The Morgan fingerprint density at radius 2 is 1.37 bits per heavy atom. The minimum Gasteiger partial charge on any atom is -0.497 e. The van der Waals surface area contributed by atoms with Crippen LogP contribution < -0.4 is 14.7 Å². The zero-order chi connectivity index (χ0) is 20.7. The normalized spacial score (nSPS) is 23.0. The molecule has 2 fully saturated rings. The van der Waals surface area contributed by atoms with E-state index < -0.39 is 18.1 Å². The summed E-state index contributed by atoms with van der Waals surface area (Å²) >= 11 is 0. The second-order valence-corrected chi connectivity index (χ2v) is 7.28. The lowest BCUT2D eigenvalue weighted by Gasteiger charge is -2.28. The van der Waals surface area contributed by atoms with Crippen LogP contribution in [-0.4, -0.2) is 25.0 Å². The minimum atomic E-state index is -0.870. The Morgan fingerprint density at radius 1 is 0.767 bits per heavy atom. The Bertz CT molecular complexity index is 1070. The number of hydrogen-bond acceptors (Lipinski definition) is 5. The van der Waals surface area contributed by atoms with E-state index in [0.717, 1.165) is 17.0 Å². The van der Waals surface area contributed by atoms with Crippen LogP contribution in [0.4, 0.5) is 11.4 Å². The SMILES string of the molecule is COc1ccc([C@@H]2[C@@H]3C(=O)N(c4ccccc4)C(=O)[C@H]3ON2c2ccccc2)cc1. The van der Waals surface area contributed by atoms with Gasteiger partial charge in [0, 0.05) is 0 Å². The molecule has 2 heterocycles. The fraction of sp³-hybridized carbons (Fsp3) is 0.167. The molecule has 0 aliphatic carbocycles. The Labute approximate surface area is 174 Å². The van der Waals surface area contributed by atoms with Crippen LogP contribution >= 0.6 is 0 Å². The fourth-order valence-corrected chi connectivity index (χ4v) is 4.18. The van der Waals surface area contributed by atoms with Crippen molar-refractivity contribution >= 4 is 23.2 Å². The molecule has 6 nitrogen and oxygen atoms in total. The molecule has 0 aromatic heterocycles. The summed E-state index contributed by atoms with van der Waals surface area (Å²) in [6.45, 7) is 0. The molecule has 150 valence electrons. The van der Waals surface area contributed by atoms with Gasteiger partial charge in [-0.1, -0.05) is 48.5 Å². The Morgan fingerprint density at radius 3 is 1.97 bits per heavy atom. The van der Waals surface area contributed by atoms with Gasteiger partial charge in [-0.15, -0.1) is 0 Å². The zero-order valence-corrected chi connectivity index (χ0v) is 16.3. The first-order chi connectivity index (χ1) is 14.7. The zero-order valence-electron chi connectivity index (χ0n) is 16.3. The van der Waals surface area contributed by atoms with E-state index in [1.165, 1.54) is 4.90 Å². The van der Waals surface area contributed by atoms with Crippen molar-refractivity contribution in [3.63, 3.8) is 0 Å². The van der Waals surface area contributed by atoms with E-state index in [1.807, 2.05) is 72.8 Å². The molecule has 0 radical (unpaired) electrons. The van der Waals surface area contributed by atoms with Crippen LogP contribution in [0.25, 0.3) is 0 Å². The number of carbonyl (C=O) groups is 2. The summed E-state index contributed by atoms with van der Waals surface area (Å²) in [7, 11) is 1.61. The first kappa shape index (κ1) is 18.4. The van der Waals surface area contributed by atoms with Gasteiger partial charge in [-0.2, -0.15) is 0 Å². The molecule has 2 amide bonds. The number of rotatable bonds is 4. The summed E-state index contributed by atoms with van der Waals surface area (Å²) in [5.41, 5.74) is 2.23. The predicted octanol–water partition coefficient (Wildman–Crippen LogP) is 3.75. The molecule has 3 atom stereocenters. The summed E-state index contributed by atoms with van der Waals surface area (Å²) in [5.74, 6) is -0.518. The monoisotopic (exact) mass is 400 g/mol. The molecular weight excluding hydrogens is 380 g/mol. The smallest absolute Gasteiger partial charge is 0.266 e. The number of para-hydroxylation sites is 2. The molecule has 2 aliphatic rings. The highest BCUT2D eigenvalue weighted by atomic mass is 16.7. The molecule has 0 unspecified atom stereocenters. The van der Waals surface area contributed by atoms with E-state index in [0.29, 0.717) is 5.69 Å². The molecule has 0 saturated carbocycles. The average Bonchev–Trinajstić information content (AvgIpc) is 3.31. The molecule has 6 heteroatoms. The molecular formula is C24H20N2O4. The van der Waals surface area contributed by atoms with Crippen molar-refractivity contribution in [2.45, 2.75) is 12.1 Å². The van der Waals surface area contributed by atoms with Crippen LogP contribution in [0.2, 0.25) is 0 Å². The number of benzene rings is 3. The van der Waals surface area contributed by atoms with Gasteiger partial charge >= 0.3 is 0 Å². The van der Waals surface area contributed by atoms with E-state index in [9.17, 15) is 9.59 Å². The van der Waals surface area contributed by atoms with Crippen molar-refractivity contribution in [1.29, 1.82) is 0 Å². The summed E-state index contributed by atoms with van der Waals surface area (Å²) in [5, 5.41) is 1.69. The number of hydrogen-bond donors (Lipinski definition) is 0. The lowest BCUT2D eigenvalue weighted by molar-refractivity contribution is -0.126. The lowest BCUT2D eigenvalue weighted by Crippen LogP contribution is -2.37. The maximum Gasteiger partial charge on any atom is 0.266 e. The second kappa shape index (κ2) is 7.31. The maximum atomic E-state index is 13.5. The highest BCUT2D eigenvalue weighted by molar-refractivity contribution is 6.23. The number of carbonyl (C=O) groups excluding carboxylic acids is 2. The van der Waals surface area contributed by atoms with E-state index in [4.69, 9.17) is 9.57 Å². The Hall–Kier alpha value is -3.64. The van der Waals surface area contributed by atoms with Crippen LogP contribution in [0.15, 0.2) is 84.9 Å². The molecule has 0 N–H and O–H groups in total. The molecule has 2 saturated heterocycles. The lowest BCUT2D eigenvalue weighted by atomic mass is 9.90. The van der Waals surface area contributed by atoms with E-state index >= 15 is 0 Å². The van der Waals surface area contributed by atoms with Gasteiger partial charge in [-0.25, -0.2) is 9.96 Å². The first-order valence-corrected chi connectivity index (χ1v) is 9.77. The number of methoxy groups -OCH3 is 1. The van der Waals surface area contributed by atoms with Gasteiger partial charge in [-0.3, -0.25) is 14.4 Å². The van der Waals surface area contributed by atoms with Crippen molar-refractivity contribution in [2.24, 2.45) is 5.92 Å². The van der Waals surface area contributed by atoms with Gasteiger partial charge in [0.2, 0.25) is 5.91 Å². The third-order valence-corrected chi connectivity index (χ3v) is 5.60. The highest BCUT2D eigenvalue weighted by Crippen LogP contribution is 2.47. The fourth-order valence-electron chi connectivity index (χ4n) is 4.18. The van der Waals surface area contributed by atoms with Crippen LogP contribution in [0, 0.1) is 5.92 Å². The molecule has 3 aromatic carbocycles. The molecule has 5 rings (SSSR count). The number of amides is 2. The van der Waals surface area contributed by atoms with Crippen LogP contribution in [0.1, 0.15) is 11.6 Å². The number of hydroxylamine groups is 1. The molecule has 3 aromatic rings. The van der Waals surface area contributed by atoms with Gasteiger partial charge in [0.15, 0.2) is 6.10 Å². The van der Waals surface area contributed by atoms with Crippen molar-refractivity contribution in [3.8, 4) is 5.75 Å². The average molecular weight is 400 g/mol. The first-order valence-electron chi connectivity index (χ1n) is 9.77. The van der Waals surface area contributed by atoms with Crippen LogP contribution in [0.3, 0.4) is 0 Å². The van der Waals surface area contributed by atoms with Gasteiger partial charge in [0.25, 0.3) is 5.91 Å². The maximum absolute atomic E-state index is 13.5. The topological polar surface area (TPSA) is 59.1 Å². The van der Waals surface area contributed by atoms with Gasteiger partial charge in [0.1, 0.15) is 11.7 Å². The standard InChI is InChI=1S/C24H20N2O4/c1-29-19-14-12-16(13-15-19)21-20-22(30-26(21)18-10-6-3-7-11-18)24(28)25(23(20)27)17-8-4-2-5-9-17/h2-15,20-22H,1H3/t20-,21+,22-/m0/s1. The third-order valence-electron chi connectivity index (χ3n) is 5.60. The summed E-state index contributed by atoms with van der Waals surface area (Å²) in [6.07, 6.45) is -0.870. The van der Waals surface area contributed by atoms with Crippen molar-refractivity contribution < 1.29 is 19.2 Å². The summed E-state index contributed by atoms with van der Waals surface area (Å²) in [6, 6.07) is 25.6. The number of nitrogens with zero attached hydrogens (tertiary/aromatic N) is 2. The molecule has 2 aliphatic heterocycles.